The van der Waals surface area contributed by atoms with Gasteiger partial charge in [0, 0.05) is 25.7 Å². The molecule has 97 heavy (non-hydrogen) atoms. The lowest BCUT2D eigenvalue weighted by Crippen LogP contribution is -2.30. The largest absolute Gasteiger partial charge is 0.472 e. The molecule has 0 aromatic rings. The van der Waals surface area contributed by atoms with Crippen LogP contribution in [-0.4, -0.2) is 96.7 Å². The smallest absolute Gasteiger partial charge is 0.462 e. The van der Waals surface area contributed by atoms with Crippen LogP contribution in [-0.2, 0) is 65.4 Å². The Balaban J connectivity index is 5.10. The molecular weight excluding hydrogens is 1270 g/mol. The molecule has 0 aromatic heterocycles. The standard InChI is InChI=1S/C78H152O17P2/c1-5-9-13-17-20-23-26-28-30-32-34-36-38-40-42-44-47-50-53-57-61-65-78(83)95-74(69-89-76(81)63-59-55-51-48-46-43-41-39-37-35-33-31-29-27-24-21-18-14-10-6-2)71-93-97(86,87)91-67-72(79)66-90-96(84,85)92-70-73(68-88-75(80)62-58-54-16-12-8-4)94-77(82)64-60-56-52-49-45-25-22-19-15-11-7-3/h72-74,79H,5-71H2,1-4H3,(H,84,85)(H,86,87)/t72-,73+,74+/m0/s1. The van der Waals surface area contributed by atoms with Crippen LogP contribution in [0.1, 0.15) is 419 Å². The van der Waals surface area contributed by atoms with Crippen LogP contribution >= 0.6 is 15.6 Å². The molecule has 0 fully saturated rings. The molecule has 5 atom stereocenters. The number of ether oxygens (including phenoxy) is 4. The molecule has 3 N–H and O–H groups in total. The van der Waals surface area contributed by atoms with E-state index in [-0.39, 0.29) is 25.7 Å². The van der Waals surface area contributed by atoms with Gasteiger partial charge in [0.05, 0.1) is 26.4 Å². The van der Waals surface area contributed by atoms with Crippen molar-refractivity contribution < 1.29 is 80.2 Å². The zero-order valence-electron chi connectivity index (χ0n) is 63.1. The number of rotatable bonds is 79. The summed E-state index contributed by atoms with van der Waals surface area (Å²) < 4.78 is 68.3. The van der Waals surface area contributed by atoms with E-state index < -0.39 is 97.5 Å². The van der Waals surface area contributed by atoms with Gasteiger partial charge in [0.2, 0.25) is 0 Å². The number of esters is 4. The molecule has 0 amide bonds. The van der Waals surface area contributed by atoms with E-state index >= 15 is 0 Å². The minimum absolute atomic E-state index is 0.107. The molecule has 0 aliphatic rings. The van der Waals surface area contributed by atoms with Crippen LogP contribution in [0.2, 0.25) is 0 Å². The lowest BCUT2D eigenvalue weighted by Gasteiger charge is -2.21. The van der Waals surface area contributed by atoms with Crippen molar-refractivity contribution in [1.29, 1.82) is 0 Å². The number of hydrogen-bond acceptors (Lipinski definition) is 15. The fraction of sp³-hybridized carbons (Fsp3) is 0.949. The third kappa shape index (κ3) is 72.2. The van der Waals surface area contributed by atoms with Crippen LogP contribution in [0.5, 0.6) is 0 Å². The van der Waals surface area contributed by atoms with Crippen molar-refractivity contribution in [2.75, 3.05) is 39.6 Å². The second-order valence-electron chi connectivity index (χ2n) is 28.1. The normalized spacial score (nSPS) is 13.8. The van der Waals surface area contributed by atoms with Gasteiger partial charge in [-0.05, 0) is 25.7 Å². The van der Waals surface area contributed by atoms with E-state index in [1.165, 1.54) is 244 Å². The number of carbonyl (C=O) groups excluding carboxylic acids is 4. The maximum absolute atomic E-state index is 13.1. The molecule has 0 spiro atoms. The molecule has 19 heteroatoms. The quantitative estimate of drug-likeness (QED) is 0.0222. The van der Waals surface area contributed by atoms with E-state index in [9.17, 15) is 43.2 Å². The highest BCUT2D eigenvalue weighted by Gasteiger charge is 2.30. The number of phosphoric ester groups is 2. The van der Waals surface area contributed by atoms with Gasteiger partial charge in [-0.2, -0.15) is 0 Å². The highest BCUT2D eigenvalue weighted by Crippen LogP contribution is 2.45. The van der Waals surface area contributed by atoms with Gasteiger partial charge >= 0.3 is 39.5 Å². The molecule has 0 heterocycles. The van der Waals surface area contributed by atoms with Crippen molar-refractivity contribution >= 4 is 39.5 Å². The van der Waals surface area contributed by atoms with Gasteiger partial charge in [-0.3, -0.25) is 37.3 Å². The monoisotopic (exact) mass is 1420 g/mol. The summed E-state index contributed by atoms with van der Waals surface area (Å²) in [4.78, 5) is 72.5. The van der Waals surface area contributed by atoms with Gasteiger partial charge in [0.15, 0.2) is 12.2 Å². The van der Waals surface area contributed by atoms with Crippen molar-refractivity contribution in [1.82, 2.24) is 0 Å². The highest BCUT2D eigenvalue weighted by atomic mass is 31.2. The maximum atomic E-state index is 13.1. The van der Waals surface area contributed by atoms with Gasteiger partial charge < -0.3 is 33.8 Å². The highest BCUT2D eigenvalue weighted by molar-refractivity contribution is 7.47. The first kappa shape index (κ1) is 95.1. The topological polar surface area (TPSA) is 237 Å². The van der Waals surface area contributed by atoms with Gasteiger partial charge in [-0.25, -0.2) is 9.13 Å². The molecule has 0 radical (unpaired) electrons. The van der Waals surface area contributed by atoms with Crippen LogP contribution < -0.4 is 0 Å². The van der Waals surface area contributed by atoms with Crippen LogP contribution in [0.3, 0.4) is 0 Å². The molecule has 17 nitrogen and oxygen atoms in total. The van der Waals surface area contributed by atoms with Crippen LogP contribution in [0.15, 0.2) is 0 Å². The minimum Gasteiger partial charge on any atom is -0.462 e. The summed E-state index contributed by atoms with van der Waals surface area (Å²) in [5, 5.41) is 10.6. The Hall–Kier alpha value is -1.94. The van der Waals surface area contributed by atoms with E-state index in [1.54, 1.807) is 0 Å². The summed E-state index contributed by atoms with van der Waals surface area (Å²) in [5.74, 6) is -2.12. The average molecular weight is 1420 g/mol. The predicted octanol–water partition coefficient (Wildman–Crippen LogP) is 23.4. The lowest BCUT2D eigenvalue weighted by molar-refractivity contribution is -0.161. The van der Waals surface area contributed by atoms with E-state index in [0.717, 1.165) is 96.3 Å². The zero-order chi connectivity index (χ0) is 71.1. The van der Waals surface area contributed by atoms with Crippen molar-refractivity contribution in [2.24, 2.45) is 0 Å². The molecule has 576 valence electrons. The predicted molar refractivity (Wildman–Crippen MR) is 395 cm³/mol. The summed E-state index contributed by atoms with van der Waals surface area (Å²) >= 11 is 0. The Kier molecular flexibility index (Phi) is 71.0. The first-order valence-electron chi connectivity index (χ1n) is 40.8. The average Bonchev–Trinajstić information content (AvgIpc) is 1.38. The van der Waals surface area contributed by atoms with Crippen molar-refractivity contribution in [3.05, 3.63) is 0 Å². The molecular formula is C78H152O17P2. The summed E-state index contributed by atoms with van der Waals surface area (Å²) in [5.41, 5.74) is 0. The van der Waals surface area contributed by atoms with Crippen molar-refractivity contribution in [3.63, 3.8) is 0 Å². The summed E-state index contributed by atoms with van der Waals surface area (Å²) in [6, 6.07) is 0. The number of aliphatic hydroxyl groups excluding tert-OH is 1. The molecule has 0 saturated carbocycles. The zero-order valence-corrected chi connectivity index (χ0v) is 64.8. The molecule has 0 saturated heterocycles. The van der Waals surface area contributed by atoms with Gasteiger partial charge in [0.1, 0.15) is 19.3 Å². The lowest BCUT2D eigenvalue weighted by atomic mass is 10.0. The van der Waals surface area contributed by atoms with Gasteiger partial charge in [-0.15, -0.1) is 0 Å². The molecule has 0 aromatic carbocycles. The molecule has 0 bridgehead atoms. The molecule has 0 rings (SSSR count). The van der Waals surface area contributed by atoms with Gasteiger partial charge in [-0.1, -0.05) is 368 Å². The van der Waals surface area contributed by atoms with E-state index in [4.69, 9.17) is 37.0 Å². The summed E-state index contributed by atoms with van der Waals surface area (Å²) in [6.07, 6.45) is 64.5. The number of unbranched alkanes of at least 4 members (excludes halogenated alkanes) is 53. The number of hydrogen-bond donors (Lipinski definition) is 3. The van der Waals surface area contributed by atoms with Crippen molar-refractivity contribution in [2.45, 2.75) is 438 Å². The molecule has 2 unspecified atom stereocenters. The Morgan fingerprint density at radius 2 is 0.412 bits per heavy atom. The number of phosphoric acid groups is 2. The summed E-state index contributed by atoms with van der Waals surface area (Å²) in [6.45, 7) is 4.90. The fourth-order valence-corrected chi connectivity index (χ4v) is 13.7. The first-order valence-corrected chi connectivity index (χ1v) is 43.8. The third-order valence-corrected chi connectivity index (χ3v) is 20.3. The molecule has 0 aliphatic carbocycles. The molecule has 0 aliphatic heterocycles. The van der Waals surface area contributed by atoms with Crippen LogP contribution in [0.4, 0.5) is 0 Å². The first-order chi connectivity index (χ1) is 47.2. The SMILES string of the molecule is CCCCCCCCCCCCCCCCCCCCCCCC(=O)O[C@H](COC(=O)CCCCCCCCCCCCCCCCCCCCCC)COP(=O)(O)OC[C@@H](O)COP(=O)(O)OC[C@@H](COC(=O)CCCCCCC)OC(=O)CCCCCCCCCCCCC. The Morgan fingerprint density at radius 3 is 0.608 bits per heavy atom. The number of carbonyl (C=O) groups is 4. The maximum Gasteiger partial charge on any atom is 0.472 e. The Bertz CT molecular complexity index is 1840. The Morgan fingerprint density at radius 1 is 0.247 bits per heavy atom. The fourth-order valence-electron chi connectivity index (χ4n) is 12.1. The number of aliphatic hydroxyl groups is 1. The summed E-state index contributed by atoms with van der Waals surface area (Å²) in [7, 11) is -9.90. The minimum atomic E-state index is -4.96. The Labute approximate surface area is 594 Å². The second-order valence-corrected chi connectivity index (χ2v) is 31.0. The van der Waals surface area contributed by atoms with Crippen LogP contribution in [0, 0.1) is 0 Å². The van der Waals surface area contributed by atoms with Crippen molar-refractivity contribution in [3.8, 4) is 0 Å². The second kappa shape index (κ2) is 72.4. The van der Waals surface area contributed by atoms with Crippen LogP contribution in [0.25, 0.3) is 0 Å². The van der Waals surface area contributed by atoms with Gasteiger partial charge in [0.25, 0.3) is 0 Å². The van der Waals surface area contributed by atoms with E-state index in [0.29, 0.717) is 25.7 Å². The third-order valence-electron chi connectivity index (χ3n) is 18.4. The van der Waals surface area contributed by atoms with E-state index in [1.807, 2.05) is 0 Å². The van der Waals surface area contributed by atoms with E-state index in [2.05, 4.69) is 27.7 Å².